The predicted molar refractivity (Wildman–Crippen MR) is 115 cm³/mol. The summed E-state index contributed by atoms with van der Waals surface area (Å²) in [5.74, 6) is -0.227. The van der Waals surface area contributed by atoms with Crippen molar-refractivity contribution in [3.05, 3.63) is 54.1 Å². The van der Waals surface area contributed by atoms with Crippen LogP contribution in [0.25, 0.3) is 0 Å². The van der Waals surface area contributed by atoms with Crippen LogP contribution in [-0.2, 0) is 9.59 Å². The summed E-state index contributed by atoms with van der Waals surface area (Å²) >= 11 is 0. The smallest absolute Gasteiger partial charge is 0.247 e. The number of hydrogen-bond acceptors (Lipinski definition) is 3. The second-order valence-corrected chi connectivity index (χ2v) is 7.29. The molecule has 2 aromatic carbocycles. The Labute approximate surface area is 167 Å². The molecule has 1 fully saturated rings. The first-order chi connectivity index (χ1) is 13.5. The molecule has 1 heterocycles. The summed E-state index contributed by atoms with van der Waals surface area (Å²) < 4.78 is 0. The lowest BCUT2D eigenvalue weighted by atomic mass is 10.2. The van der Waals surface area contributed by atoms with E-state index in [0.29, 0.717) is 6.54 Å². The zero-order chi connectivity index (χ0) is 20.1. The molecule has 2 amide bonds. The Hall–Kier alpha value is -2.82. The van der Waals surface area contributed by atoms with Gasteiger partial charge in [-0.1, -0.05) is 12.1 Å². The van der Waals surface area contributed by atoms with E-state index in [0.717, 1.165) is 30.0 Å². The van der Waals surface area contributed by atoms with Crippen molar-refractivity contribution in [2.45, 2.75) is 33.6 Å². The molecule has 5 nitrogen and oxygen atoms in total. The van der Waals surface area contributed by atoms with Crippen LogP contribution in [0.2, 0.25) is 0 Å². The number of carbonyl (C=O) groups excluding carboxylic acids is 2. The maximum absolute atomic E-state index is 13.0. The van der Waals surface area contributed by atoms with Gasteiger partial charge >= 0.3 is 0 Å². The zero-order valence-electron chi connectivity index (χ0n) is 17.0. The third-order valence-electron chi connectivity index (χ3n) is 5.24. The minimum Gasteiger partial charge on any atom is -0.372 e. The number of amides is 2. The molecule has 0 bridgehead atoms. The van der Waals surface area contributed by atoms with Crippen LogP contribution in [0.1, 0.15) is 32.3 Å². The second-order valence-electron chi connectivity index (χ2n) is 7.29. The predicted octanol–water partition coefficient (Wildman–Crippen LogP) is 4.00. The van der Waals surface area contributed by atoms with Gasteiger partial charge in [0.2, 0.25) is 11.8 Å². The van der Waals surface area contributed by atoms with Crippen molar-refractivity contribution < 1.29 is 9.59 Å². The lowest BCUT2D eigenvalue weighted by Gasteiger charge is -2.27. The highest BCUT2D eigenvalue weighted by Crippen LogP contribution is 2.24. The first-order valence-electron chi connectivity index (χ1n) is 9.99. The van der Waals surface area contributed by atoms with Crippen LogP contribution in [0.5, 0.6) is 0 Å². The molecule has 5 heteroatoms. The number of aryl methyl sites for hydroxylation is 1. The van der Waals surface area contributed by atoms with Gasteiger partial charge in [0.15, 0.2) is 0 Å². The van der Waals surface area contributed by atoms with Crippen LogP contribution in [0.4, 0.5) is 17.1 Å². The van der Waals surface area contributed by atoms with E-state index >= 15 is 0 Å². The van der Waals surface area contributed by atoms with Crippen LogP contribution < -0.4 is 14.7 Å². The summed E-state index contributed by atoms with van der Waals surface area (Å²) in [5, 5.41) is 0. The SMILES string of the molecule is CCN(C(=O)CN(C(C)=O)c1ccc(N2CCCC2)cc1)c1cccc(C)c1. The van der Waals surface area contributed by atoms with Gasteiger partial charge in [0.05, 0.1) is 0 Å². The third-order valence-corrected chi connectivity index (χ3v) is 5.24. The first kappa shape index (κ1) is 19.9. The fraction of sp³-hybridized carbons (Fsp3) is 0.391. The van der Waals surface area contributed by atoms with E-state index in [1.807, 2.05) is 62.4 Å². The van der Waals surface area contributed by atoms with Gasteiger partial charge in [0.1, 0.15) is 6.54 Å². The van der Waals surface area contributed by atoms with Gasteiger partial charge in [-0.25, -0.2) is 0 Å². The highest BCUT2D eigenvalue weighted by atomic mass is 16.2. The standard InChI is InChI=1S/C23H29N3O2/c1-4-25(22-9-7-8-18(2)16-22)23(28)17-26(19(3)27)21-12-10-20(11-13-21)24-14-5-6-15-24/h7-13,16H,4-6,14-15,17H2,1-3H3. The number of benzene rings is 2. The van der Waals surface area contributed by atoms with E-state index in [1.54, 1.807) is 9.80 Å². The zero-order valence-corrected chi connectivity index (χ0v) is 17.0. The highest BCUT2D eigenvalue weighted by Gasteiger charge is 2.21. The normalized spacial score (nSPS) is 13.5. The van der Waals surface area contributed by atoms with Crippen molar-refractivity contribution in [2.75, 3.05) is 40.9 Å². The minimum atomic E-state index is -0.137. The van der Waals surface area contributed by atoms with Crippen LogP contribution in [0.15, 0.2) is 48.5 Å². The Balaban J connectivity index is 1.76. The maximum atomic E-state index is 13.0. The summed E-state index contributed by atoms with van der Waals surface area (Å²) in [4.78, 5) is 30.9. The molecule has 0 atom stereocenters. The van der Waals surface area contributed by atoms with Crippen molar-refractivity contribution in [3.63, 3.8) is 0 Å². The number of hydrogen-bond donors (Lipinski definition) is 0. The third kappa shape index (κ3) is 4.53. The molecule has 1 saturated heterocycles. The molecular weight excluding hydrogens is 350 g/mol. The van der Waals surface area contributed by atoms with E-state index in [1.165, 1.54) is 25.5 Å². The van der Waals surface area contributed by atoms with Crippen molar-refractivity contribution in [1.29, 1.82) is 0 Å². The van der Waals surface area contributed by atoms with Crippen LogP contribution >= 0.6 is 0 Å². The average Bonchev–Trinajstić information content (AvgIpc) is 3.21. The van der Waals surface area contributed by atoms with Gasteiger partial charge in [-0.3, -0.25) is 9.59 Å². The fourth-order valence-electron chi connectivity index (χ4n) is 3.72. The molecular formula is C23H29N3O2. The molecule has 0 aromatic heterocycles. The van der Waals surface area contributed by atoms with Gasteiger partial charge in [0, 0.05) is 43.6 Å². The quantitative estimate of drug-likeness (QED) is 0.762. The van der Waals surface area contributed by atoms with E-state index in [2.05, 4.69) is 4.90 Å². The summed E-state index contributed by atoms with van der Waals surface area (Å²) in [5.41, 5.74) is 3.89. The van der Waals surface area contributed by atoms with Crippen molar-refractivity contribution in [3.8, 4) is 0 Å². The molecule has 0 unspecified atom stereocenters. The number of anilines is 3. The Morgan fingerprint density at radius 2 is 1.64 bits per heavy atom. The second kappa shape index (κ2) is 8.91. The van der Waals surface area contributed by atoms with Crippen LogP contribution in [0, 0.1) is 6.92 Å². The molecule has 0 radical (unpaired) electrons. The topological polar surface area (TPSA) is 43.9 Å². The van der Waals surface area contributed by atoms with Gasteiger partial charge in [-0.15, -0.1) is 0 Å². The van der Waals surface area contributed by atoms with Crippen molar-refractivity contribution in [1.82, 2.24) is 0 Å². The minimum absolute atomic E-state index is 0.0280. The fourth-order valence-corrected chi connectivity index (χ4v) is 3.72. The molecule has 0 N–H and O–H groups in total. The van der Waals surface area contributed by atoms with Gasteiger partial charge in [-0.2, -0.15) is 0 Å². The van der Waals surface area contributed by atoms with E-state index < -0.39 is 0 Å². The molecule has 28 heavy (non-hydrogen) atoms. The lowest BCUT2D eigenvalue weighted by Crippen LogP contribution is -2.42. The maximum Gasteiger partial charge on any atom is 0.247 e. The number of nitrogens with zero attached hydrogens (tertiary/aromatic N) is 3. The van der Waals surface area contributed by atoms with E-state index in [-0.39, 0.29) is 18.4 Å². The Bertz CT molecular complexity index is 826. The number of rotatable bonds is 6. The summed E-state index contributed by atoms with van der Waals surface area (Å²) in [6.07, 6.45) is 2.45. The van der Waals surface area contributed by atoms with E-state index in [4.69, 9.17) is 0 Å². The number of carbonyl (C=O) groups is 2. The van der Waals surface area contributed by atoms with Gasteiger partial charge in [-0.05, 0) is 68.7 Å². The van der Waals surface area contributed by atoms with Crippen molar-refractivity contribution >= 4 is 28.9 Å². The Morgan fingerprint density at radius 3 is 2.21 bits per heavy atom. The largest absolute Gasteiger partial charge is 0.372 e. The van der Waals surface area contributed by atoms with Crippen molar-refractivity contribution in [2.24, 2.45) is 0 Å². The summed E-state index contributed by atoms with van der Waals surface area (Å²) in [7, 11) is 0. The molecule has 2 aromatic rings. The van der Waals surface area contributed by atoms with Crippen LogP contribution in [-0.4, -0.2) is 38.0 Å². The average molecular weight is 380 g/mol. The molecule has 0 saturated carbocycles. The molecule has 0 spiro atoms. The molecule has 1 aliphatic rings. The molecule has 0 aliphatic carbocycles. The Kier molecular flexibility index (Phi) is 6.34. The van der Waals surface area contributed by atoms with Gasteiger partial charge in [0.25, 0.3) is 0 Å². The number of likely N-dealkylation sites (N-methyl/N-ethyl adjacent to an activating group) is 1. The molecule has 148 valence electrons. The van der Waals surface area contributed by atoms with E-state index in [9.17, 15) is 9.59 Å². The summed E-state index contributed by atoms with van der Waals surface area (Å²) in [6.45, 7) is 8.20. The first-order valence-corrected chi connectivity index (χ1v) is 9.99. The summed E-state index contributed by atoms with van der Waals surface area (Å²) in [6, 6.07) is 15.8. The highest BCUT2D eigenvalue weighted by molar-refractivity contribution is 6.03. The lowest BCUT2D eigenvalue weighted by molar-refractivity contribution is -0.121. The van der Waals surface area contributed by atoms with Gasteiger partial charge < -0.3 is 14.7 Å². The Morgan fingerprint density at radius 1 is 0.964 bits per heavy atom. The van der Waals surface area contributed by atoms with Crippen LogP contribution in [0.3, 0.4) is 0 Å². The molecule has 1 aliphatic heterocycles. The molecule has 3 rings (SSSR count). The monoisotopic (exact) mass is 379 g/mol.